The Bertz CT molecular complexity index is 815. The first-order valence-corrected chi connectivity index (χ1v) is 7.76. The molecule has 1 aromatic carbocycles. The Kier molecular flexibility index (Phi) is 5.84. The fraction of sp³-hybridized carbons (Fsp3) is 0.235. The second-order valence-electron chi connectivity index (χ2n) is 5.71. The highest BCUT2D eigenvalue weighted by atomic mass is 16.4. The number of hydrogen-bond donors (Lipinski definition) is 4. The standard InChI is InChI=1S/C17H19N5O4/c1-9-7-10(2)20-17(19-9)21-12-5-3-11(4-6-12)15(24)22-13(16(25)26)8-14(18)23/h3-7,13H,8H2,1-2H3,(H2,18,23)(H,22,24)(H,25,26)(H,19,20,21). The van der Waals surface area contributed by atoms with Gasteiger partial charge in [0.2, 0.25) is 11.9 Å². The summed E-state index contributed by atoms with van der Waals surface area (Å²) in [6.07, 6.45) is -0.481. The molecule has 1 heterocycles. The third-order valence-electron chi connectivity index (χ3n) is 3.39. The van der Waals surface area contributed by atoms with Crippen LogP contribution in [-0.4, -0.2) is 38.9 Å². The molecule has 0 saturated heterocycles. The van der Waals surface area contributed by atoms with Crippen LogP contribution < -0.4 is 16.4 Å². The van der Waals surface area contributed by atoms with Gasteiger partial charge in [0, 0.05) is 22.6 Å². The third-order valence-corrected chi connectivity index (χ3v) is 3.39. The molecule has 1 unspecified atom stereocenters. The van der Waals surface area contributed by atoms with Crippen molar-refractivity contribution >= 4 is 29.4 Å². The average molecular weight is 357 g/mol. The van der Waals surface area contributed by atoms with Crippen molar-refractivity contribution in [3.05, 3.63) is 47.3 Å². The maximum absolute atomic E-state index is 12.1. The third kappa shape index (κ3) is 5.26. The van der Waals surface area contributed by atoms with Crippen LogP contribution in [0.25, 0.3) is 0 Å². The van der Waals surface area contributed by atoms with Gasteiger partial charge in [0.15, 0.2) is 0 Å². The molecule has 1 atom stereocenters. The predicted octanol–water partition coefficient (Wildman–Crippen LogP) is 0.895. The van der Waals surface area contributed by atoms with Crippen molar-refractivity contribution in [1.82, 2.24) is 15.3 Å². The van der Waals surface area contributed by atoms with Crippen molar-refractivity contribution < 1.29 is 19.5 Å². The summed E-state index contributed by atoms with van der Waals surface area (Å²) in [5.74, 6) is -2.33. The highest BCUT2D eigenvalue weighted by Gasteiger charge is 2.22. The van der Waals surface area contributed by atoms with Crippen LogP contribution in [0, 0.1) is 13.8 Å². The molecule has 0 bridgehead atoms. The fourth-order valence-electron chi connectivity index (χ4n) is 2.26. The van der Waals surface area contributed by atoms with E-state index < -0.39 is 30.2 Å². The van der Waals surface area contributed by atoms with Gasteiger partial charge < -0.3 is 21.5 Å². The number of hydrogen-bond acceptors (Lipinski definition) is 6. The summed E-state index contributed by atoms with van der Waals surface area (Å²) in [6.45, 7) is 3.72. The Morgan fingerprint density at radius 1 is 1.12 bits per heavy atom. The topological polar surface area (TPSA) is 147 Å². The first kappa shape index (κ1) is 18.8. The summed E-state index contributed by atoms with van der Waals surface area (Å²) >= 11 is 0. The van der Waals surface area contributed by atoms with E-state index in [1.165, 1.54) is 12.1 Å². The Balaban J connectivity index is 2.07. The summed E-state index contributed by atoms with van der Waals surface area (Å²) < 4.78 is 0. The van der Waals surface area contributed by atoms with Gasteiger partial charge in [0.25, 0.3) is 5.91 Å². The first-order valence-electron chi connectivity index (χ1n) is 7.76. The molecule has 0 aliphatic carbocycles. The SMILES string of the molecule is Cc1cc(C)nc(Nc2ccc(C(=O)NC(CC(N)=O)C(=O)O)cc2)n1. The van der Waals surface area contributed by atoms with Gasteiger partial charge in [-0.15, -0.1) is 0 Å². The van der Waals surface area contributed by atoms with Crippen LogP contribution in [-0.2, 0) is 9.59 Å². The summed E-state index contributed by atoms with van der Waals surface area (Å²) in [6, 6.07) is 6.79. The lowest BCUT2D eigenvalue weighted by Crippen LogP contribution is -2.43. The molecule has 9 nitrogen and oxygen atoms in total. The van der Waals surface area contributed by atoms with E-state index in [9.17, 15) is 14.4 Å². The van der Waals surface area contributed by atoms with Gasteiger partial charge in [0.1, 0.15) is 6.04 Å². The smallest absolute Gasteiger partial charge is 0.326 e. The van der Waals surface area contributed by atoms with Gasteiger partial charge in [0.05, 0.1) is 6.42 Å². The first-order chi connectivity index (χ1) is 12.2. The number of nitrogens with two attached hydrogens (primary N) is 1. The molecular formula is C17H19N5O4. The number of carbonyl (C=O) groups is 3. The average Bonchev–Trinajstić information content (AvgIpc) is 2.53. The predicted molar refractivity (Wildman–Crippen MR) is 93.9 cm³/mol. The van der Waals surface area contributed by atoms with E-state index in [1.807, 2.05) is 19.9 Å². The zero-order valence-corrected chi connectivity index (χ0v) is 14.3. The summed E-state index contributed by atoms with van der Waals surface area (Å²) in [5, 5.41) is 14.3. The van der Waals surface area contributed by atoms with Crippen molar-refractivity contribution in [2.24, 2.45) is 5.73 Å². The van der Waals surface area contributed by atoms with E-state index in [0.717, 1.165) is 11.4 Å². The molecule has 0 saturated carbocycles. The van der Waals surface area contributed by atoms with Gasteiger partial charge in [-0.1, -0.05) is 0 Å². The van der Waals surface area contributed by atoms with E-state index in [2.05, 4.69) is 20.6 Å². The zero-order valence-electron chi connectivity index (χ0n) is 14.3. The number of anilines is 2. The minimum absolute atomic E-state index is 0.243. The van der Waals surface area contributed by atoms with Gasteiger partial charge in [-0.05, 0) is 44.2 Å². The van der Waals surface area contributed by atoms with Crippen molar-refractivity contribution in [3.8, 4) is 0 Å². The van der Waals surface area contributed by atoms with E-state index in [4.69, 9.17) is 10.8 Å². The maximum Gasteiger partial charge on any atom is 0.326 e. The van der Waals surface area contributed by atoms with Gasteiger partial charge in [-0.3, -0.25) is 9.59 Å². The molecule has 2 amide bonds. The lowest BCUT2D eigenvalue weighted by atomic mass is 10.1. The number of rotatable bonds is 7. The second kappa shape index (κ2) is 8.06. The fourth-order valence-corrected chi connectivity index (χ4v) is 2.26. The highest BCUT2D eigenvalue weighted by molar-refractivity contribution is 5.97. The van der Waals surface area contributed by atoms with E-state index >= 15 is 0 Å². The van der Waals surface area contributed by atoms with Gasteiger partial charge in [-0.25, -0.2) is 14.8 Å². The molecule has 26 heavy (non-hydrogen) atoms. The molecule has 0 radical (unpaired) electrons. The Morgan fingerprint density at radius 2 is 1.69 bits per heavy atom. The molecular weight excluding hydrogens is 338 g/mol. The van der Waals surface area contributed by atoms with Crippen molar-refractivity contribution in [2.75, 3.05) is 5.32 Å². The molecule has 2 rings (SSSR count). The number of nitrogens with one attached hydrogen (secondary N) is 2. The van der Waals surface area contributed by atoms with Gasteiger partial charge in [-0.2, -0.15) is 0 Å². The number of amides is 2. The van der Waals surface area contributed by atoms with Crippen LogP contribution in [0.2, 0.25) is 0 Å². The molecule has 0 fully saturated rings. The molecule has 0 aliphatic rings. The van der Waals surface area contributed by atoms with Crippen LogP contribution in [0.1, 0.15) is 28.2 Å². The molecule has 5 N–H and O–H groups in total. The van der Waals surface area contributed by atoms with E-state index in [-0.39, 0.29) is 5.56 Å². The summed E-state index contributed by atoms with van der Waals surface area (Å²) in [5.41, 5.74) is 7.54. The molecule has 2 aromatic rings. The number of carbonyl (C=O) groups excluding carboxylic acids is 2. The monoisotopic (exact) mass is 357 g/mol. The molecule has 9 heteroatoms. The molecule has 1 aromatic heterocycles. The van der Waals surface area contributed by atoms with Crippen LogP contribution in [0.4, 0.5) is 11.6 Å². The number of aromatic nitrogens is 2. The molecule has 136 valence electrons. The Hall–Kier alpha value is -3.49. The van der Waals surface area contributed by atoms with Crippen LogP contribution >= 0.6 is 0 Å². The number of benzene rings is 1. The number of carboxylic acid groups (broad SMARTS) is 1. The number of aliphatic carboxylic acids is 1. The Labute approximate surface area is 149 Å². The van der Waals surface area contributed by atoms with Crippen molar-refractivity contribution in [3.63, 3.8) is 0 Å². The minimum Gasteiger partial charge on any atom is -0.480 e. The lowest BCUT2D eigenvalue weighted by Gasteiger charge is -2.13. The largest absolute Gasteiger partial charge is 0.480 e. The van der Waals surface area contributed by atoms with Crippen LogP contribution in [0.5, 0.6) is 0 Å². The minimum atomic E-state index is -1.37. The second-order valence-corrected chi connectivity index (χ2v) is 5.71. The van der Waals surface area contributed by atoms with Crippen molar-refractivity contribution in [1.29, 1.82) is 0 Å². The molecule has 0 aliphatic heterocycles. The quantitative estimate of drug-likeness (QED) is 0.575. The van der Waals surface area contributed by atoms with E-state index in [0.29, 0.717) is 11.6 Å². The summed E-state index contributed by atoms with van der Waals surface area (Å²) in [4.78, 5) is 42.6. The molecule has 0 spiro atoms. The van der Waals surface area contributed by atoms with E-state index in [1.54, 1.807) is 12.1 Å². The number of aryl methyl sites for hydroxylation is 2. The van der Waals surface area contributed by atoms with Crippen molar-refractivity contribution in [2.45, 2.75) is 26.3 Å². The maximum atomic E-state index is 12.1. The van der Waals surface area contributed by atoms with Crippen LogP contribution in [0.15, 0.2) is 30.3 Å². The number of carboxylic acids is 1. The Morgan fingerprint density at radius 3 is 2.19 bits per heavy atom. The normalized spacial score (nSPS) is 11.5. The highest BCUT2D eigenvalue weighted by Crippen LogP contribution is 2.15. The lowest BCUT2D eigenvalue weighted by molar-refractivity contribution is -0.140. The van der Waals surface area contributed by atoms with Gasteiger partial charge >= 0.3 is 5.97 Å². The van der Waals surface area contributed by atoms with Crippen LogP contribution in [0.3, 0.4) is 0 Å². The number of nitrogens with zero attached hydrogens (tertiary/aromatic N) is 2. The number of primary amides is 1. The summed E-state index contributed by atoms with van der Waals surface area (Å²) in [7, 11) is 0. The zero-order chi connectivity index (χ0) is 19.3.